The molecule has 0 saturated heterocycles. The molecule has 0 unspecified atom stereocenters. The van der Waals surface area contributed by atoms with E-state index < -0.39 is 5.97 Å². The van der Waals surface area contributed by atoms with Gasteiger partial charge in [-0.25, -0.2) is 0 Å². The van der Waals surface area contributed by atoms with E-state index in [4.69, 9.17) is 23.7 Å². The van der Waals surface area contributed by atoms with E-state index in [0.29, 0.717) is 39.9 Å². The second-order valence-electron chi connectivity index (χ2n) is 7.18. The number of carbonyl (C=O) groups is 2. The van der Waals surface area contributed by atoms with E-state index in [2.05, 4.69) is 0 Å². The van der Waals surface area contributed by atoms with Crippen molar-refractivity contribution in [1.29, 1.82) is 0 Å². The molecule has 7 nitrogen and oxygen atoms in total. The first-order chi connectivity index (χ1) is 16.0. The van der Waals surface area contributed by atoms with Crippen LogP contribution in [0.15, 0.2) is 66.4 Å². The van der Waals surface area contributed by atoms with Crippen molar-refractivity contribution in [3.8, 4) is 28.7 Å². The van der Waals surface area contributed by atoms with Crippen molar-refractivity contribution >= 4 is 17.8 Å². The minimum atomic E-state index is -0.429. The van der Waals surface area contributed by atoms with Crippen LogP contribution in [0.2, 0.25) is 0 Å². The zero-order chi connectivity index (χ0) is 23.4. The van der Waals surface area contributed by atoms with Crippen LogP contribution in [-0.4, -0.2) is 33.1 Å². The van der Waals surface area contributed by atoms with E-state index in [1.165, 1.54) is 13.2 Å². The predicted molar refractivity (Wildman–Crippen MR) is 121 cm³/mol. The summed E-state index contributed by atoms with van der Waals surface area (Å²) in [5, 5.41) is 0. The first-order valence-corrected chi connectivity index (χ1v) is 10.1. The molecule has 0 aliphatic carbocycles. The third-order valence-corrected chi connectivity index (χ3v) is 5.10. The van der Waals surface area contributed by atoms with Crippen LogP contribution in [0.5, 0.6) is 28.7 Å². The van der Waals surface area contributed by atoms with Gasteiger partial charge in [0.25, 0.3) is 0 Å². The summed E-state index contributed by atoms with van der Waals surface area (Å²) < 4.78 is 27.0. The number of benzene rings is 3. The zero-order valence-corrected chi connectivity index (χ0v) is 18.4. The largest absolute Gasteiger partial charge is 0.497 e. The second-order valence-corrected chi connectivity index (χ2v) is 7.18. The molecule has 0 aromatic heterocycles. The Bertz CT molecular complexity index is 1230. The van der Waals surface area contributed by atoms with E-state index in [1.807, 2.05) is 0 Å². The quantitative estimate of drug-likeness (QED) is 0.301. The van der Waals surface area contributed by atoms with Gasteiger partial charge in [0.2, 0.25) is 5.78 Å². The highest BCUT2D eigenvalue weighted by molar-refractivity contribution is 6.14. The molecule has 0 atom stereocenters. The Balaban J connectivity index is 1.50. The van der Waals surface area contributed by atoms with Gasteiger partial charge in [0.05, 0.1) is 33.3 Å². The van der Waals surface area contributed by atoms with Gasteiger partial charge in [0.15, 0.2) is 17.3 Å². The molecule has 0 radical (unpaired) electrons. The van der Waals surface area contributed by atoms with Crippen LogP contribution in [-0.2, 0) is 11.2 Å². The first-order valence-electron chi connectivity index (χ1n) is 10.1. The molecule has 1 aliphatic heterocycles. The summed E-state index contributed by atoms with van der Waals surface area (Å²) in [6.45, 7) is 0. The fraction of sp³-hybridized carbons (Fsp3) is 0.154. The molecule has 0 fully saturated rings. The lowest BCUT2D eigenvalue weighted by atomic mass is 10.1. The van der Waals surface area contributed by atoms with Crippen molar-refractivity contribution in [2.75, 3.05) is 21.3 Å². The average molecular weight is 446 g/mol. The molecule has 3 aromatic carbocycles. The molecule has 1 heterocycles. The molecule has 0 N–H and O–H groups in total. The topological polar surface area (TPSA) is 80.3 Å². The van der Waals surface area contributed by atoms with Crippen LogP contribution in [0.4, 0.5) is 0 Å². The van der Waals surface area contributed by atoms with Gasteiger partial charge in [-0.15, -0.1) is 0 Å². The van der Waals surface area contributed by atoms with E-state index >= 15 is 0 Å². The lowest BCUT2D eigenvalue weighted by Gasteiger charge is -2.10. The maximum atomic E-state index is 12.8. The number of esters is 1. The van der Waals surface area contributed by atoms with Gasteiger partial charge >= 0.3 is 5.97 Å². The number of ether oxygens (including phenoxy) is 5. The minimum Gasteiger partial charge on any atom is -0.497 e. The molecule has 3 aromatic rings. The Kier molecular flexibility index (Phi) is 6.31. The molecule has 168 valence electrons. The van der Waals surface area contributed by atoms with Crippen LogP contribution < -0.4 is 23.7 Å². The van der Waals surface area contributed by atoms with Gasteiger partial charge < -0.3 is 23.7 Å². The van der Waals surface area contributed by atoms with Crippen LogP contribution in [0.3, 0.4) is 0 Å². The predicted octanol–water partition coefficient (Wildman–Crippen LogP) is 4.48. The number of hydrogen-bond donors (Lipinski definition) is 0. The number of fused-ring (bicyclic) bond motifs is 1. The van der Waals surface area contributed by atoms with Crippen LogP contribution in [0.1, 0.15) is 21.5 Å². The summed E-state index contributed by atoms with van der Waals surface area (Å²) in [6, 6.07) is 17.2. The lowest BCUT2D eigenvalue weighted by molar-refractivity contribution is -0.133. The Morgan fingerprint density at radius 3 is 2.36 bits per heavy atom. The molecule has 4 rings (SSSR count). The Labute approximate surface area is 191 Å². The average Bonchev–Trinajstić information content (AvgIpc) is 3.13. The summed E-state index contributed by atoms with van der Waals surface area (Å²) in [5.74, 6) is 1.80. The molecule has 33 heavy (non-hydrogen) atoms. The molecule has 7 heteroatoms. The van der Waals surface area contributed by atoms with Gasteiger partial charge in [-0.2, -0.15) is 0 Å². The van der Waals surface area contributed by atoms with Crippen LogP contribution in [0, 0.1) is 0 Å². The minimum absolute atomic E-state index is 0.0989. The van der Waals surface area contributed by atoms with E-state index in [1.54, 1.807) is 74.9 Å². The molecule has 1 aliphatic rings. The van der Waals surface area contributed by atoms with Gasteiger partial charge in [-0.05, 0) is 42.0 Å². The van der Waals surface area contributed by atoms with Crippen molar-refractivity contribution in [2.45, 2.75) is 6.42 Å². The lowest BCUT2D eigenvalue weighted by Crippen LogP contribution is -2.11. The number of methoxy groups -OCH3 is 3. The number of para-hydroxylation sites is 1. The second kappa shape index (κ2) is 9.48. The summed E-state index contributed by atoms with van der Waals surface area (Å²) in [5.41, 5.74) is 1.82. The molecule has 0 saturated carbocycles. The SMILES string of the molecule is COc1ccc(CC(=O)Oc2ccc3c(c2)O/C(=C\c2cccc(OC)c2OC)C3=O)cc1. The number of hydrogen-bond acceptors (Lipinski definition) is 7. The Morgan fingerprint density at radius 2 is 1.67 bits per heavy atom. The Hall–Kier alpha value is -4.26. The molecular weight excluding hydrogens is 424 g/mol. The van der Waals surface area contributed by atoms with E-state index in [-0.39, 0.29) is 18.0 Å². The van der Waals surface area contributed by atoms with Crippen LogP contribution in [0.25, 0.3) is 6.08 Å². The molecular formula is C26H22O7. The number of ketones is 1. The zero-order valence-electron chi connectivity index (χ0n) is 18.4. The third-order valence-electron chi connectivity index (χ3n) is 5.10. The van der Waals surface area contributed by atoms with E-state index in [9.17, 15) is 9.59 Å². The number of rotatable bonds is 7. The van der Waals surface area contributed by atoms with Gasteiger partial charge in [-0.1, -0.05) is 24.3 Å². The maximum absolute atomic E-state index is 12.8. The van der Waals surface area contributed by atoms with Crippen molar-refractivity contribution in [3.63, 3.8) is 0 Å². The van der Waals surface area contributed by atoms with Crippen molar-refractivity contribution in [2.24, 2.45) is 0 Å². The maximum Gasteiger partial charge on any atom is 0.315 e. The number of carbonyl (C=O) groups excluding carboxylic acids is 2. The normalized spacial score (nSPS) is 13.3. The fourth-order valence-corrected chi connectivity index (χ4v) is 3.48. The van der Waals surface area contributed by atoms with Crippen molar-refractivity contribution in [3.05, 3.63) is 83.1 Å². The van der Waals surface area contributed by atoms with Crippen molar-refractivity contribution in [1.82, 2.24) is 0 Å². The summed E-state index contributed by atoms with van der Waals surface area (Å²) in [7, 11) is 4.65. The molecule has 0 bridgehead atoms. The summed E-state index contributed by atoms with van der Waals surface area (Å²) in [4.78, 5) is 25.1. The fourth-order valence-electron chi connectivity index (χ4n) is 3.48. The molecule has 0 spiro atoms. The summed E-state index contributed by atoms with van der Waals surface area (Å²) >= 11 is 0. The van der Waals surface area contributed by atoms with Crippen molar-refractivity contribution < 1.29 is 33.3 Å². The first kappa shape index (κ1) is 22.0. The number of Topliss-reactive ketones (excluding diaryl/α,β-unsaturated/α-hetero) is 1. The smallest absolute Gasteiger partial charge is 0.315 e. The van der Waals surface area contributed by atoms with Gasteiger partial charge in [0.1, 0.15) is 17.2 Å². The Morgan fingerprint density at radius 1 is 0.909 bits per heavy atom. The molecule has 0 amide bonds. The summed E-state index contributed by atoms with van der Waals surface area (Å²) in [6.07, 6.45) is 1.70. The number of allylic oxidation sites excluding steroid dienone is 1. The monoisotopic (exact) mass is 446 g/mol. The van der Waals surface area contributed by atoms with Gasteiger partial charge in [0, 0.05) is 11.6 Å². The van der Waals surface area contributed by atoms with Gasteiger partial charge in [-0.3, -0.25) is 9.59 Å². The highest BCUT2D eigenvalue weighted by Crippen LogP contribution is 2.37. The highest BCUT2D eigenvalue weighted by atomic mass is 16.5. The van der Waals surface area contributed by atoms with Crippen LogP contribution >= 0.6 is 0 Å². The standard InChI is InChI=1S/C26H22O7/c1-29-18-9-7-16(8-10-18)13-24(27)32-19-11-12-20-22(15-19)33-23(25(20)28)14-17-5-4-6-21(30-2)26(17)31-3/h4-12,14-15H,13H2,1-3H3/b23-14-. The highest BCUT2D eigenvalue weighted by Gasteiger charge is 2.28. The third kappa shape index (κ3) is 4.67. The van der Waals surface area contributed by atoms with E-state index in [0.717, 1.165) is 5.56 Å².